The number of aromatic nitrogens is 2. The van der Waals surface area contributed by atoms with Crippen LogP contribution in [0.1, 0.15) is 16.9 Å². The smallest absolute Gasteiger partial charge is 0.141 e. The fraction of sp³-hybridized carbons (Fsp3) is 0.500. The number of fused-ring (bicyclic) bond motifs is 1. The van der Waals surface area contributed by atoms with Crippen LogP contribution in [0.25, 0.3) is 10.2 Å². The molecule has 0 aliphatic heterocycles. The molecule has 0 spiro atoms. The molecule has 2 aromatic heterocycles. The summed E-state index contributed by atoms with van der Waals surface area (Å²) < 4.78 is 5.16. The van der Waals surface area contributed by atoms with Crippen LogP contribution in [0.5, 0.6) is 0 Å². The molecule has 0 bridgehead atoms. The van der Waals surface area contributed by atoms with Crippen molar-refractivity contribution in [3.8, 4) is 6.07 Å². The number of thiophene rings is 1. The third kappa shape index (κ3) is 2.89. The molecule has 0 fully saturated rings. The topological polar surface area (TPSA) is 62.0 Å². The van der Waals surface area contributed by atoms with Crippen LogP contribution in [-0.2, 0) is 4.74 Å². The van der Waals surface area contributed by atoms with Gasteiger partial charge in [-0.25, -0.2) is 9.97 Å². The summed E-state index contributed by atoms with van der Waals surface area (Å²) in [6, 6.07) is 2.19. The SMILES string of the molecule is COCCN(CCC#N)c1ncnc2sc(C)c(C)c12. The summed E-state index contributed by atoms with van der Waals surface area (Å²) in [5.41, 5.74) is 1.22. The number of rotatable bonds is 6. The summed E-state index contributed by atoms with van der Waals surface area (Å²) >= 11 is 1.68. The number of ether oxygens (including phenoxy) is 1. The molecule has 0 N–H and O–H groups in total. The third-order valence-corrected chi connectivity index (χ3v) is 4.42. The average molecular weight is 290 g/mol. The van der Waals surface area contributed by atoms with Gasteiger partial charge in [-0.15, -0.1) is 11.3 Å². The van der Waals surface area contributed by atoms with E-state index >= 15 is 0 Å². The molecule has 5 nitrogen and oxygen atoms in total. The Morgan fingerprint density at radius 1 is 1.35 bits per heavy atom. The molecular weight excluding hydrogens is 272 g/mol. The Hall–Kier alpha value is -1.71. The van der Waals surface area contributed by atoms with Crippen molar-refractivity contribution < 1.29 is 4.74 Å². The minimum atomic E-state index is 0.470. The number of aryl methyl sites for hydroxylation is 2. The van der Waals surface area contributed by atoms with Crippen LogP contribution in [0, 0.1) is 25.2 Å². The zero-order valence-electron chi connectivity index (χ0n) is 12.0. The number of nitrogens with zero attached hydrogens (tertiary/aromatic N) is 4. The minimum absolute atomic E-state index is 0.470. The predicted molar refractivity (Wildman–Crippen MR) is 81.2 cm³/mol. The lowest BCUT2D eigenvalue weighted by Crippen LogP contribution is -2.29. The van der Waals surface area contributed by atoms with Gasteiger partial charge in [0.1, 0.15) is 17.0 Å². The van der Waals surface area contributed by atoms with Crippen LogP contribution in [0.15, 0.2) is 6.33 Å². The fourth-order valence-corrected chi connectivity index (χ4v) is 3.11. The summed E-state index contributed by atoms with van der Waals surface area (Å²) in [6.07, 6.45) is 2.07. The lowest BCUT2D eigenvalue weighted by atomic mass is 10.2. The Morgan fingerprint density at radius 2 is 2.15 bits per heavy atom. The Bertz CT molecular complexity index is 632. The summed E-state index contributed by atoms with van der Waals surface area (Å²) in [6.45, 7) is 6.18. The molecule has 106 valence electrons. The summed E-state index contributed by atoms with van der Waals surface area (Å²) in [4.78, 5) is 13.2. The standard InChI is InChI=1S/C14H18N4OS/c1-10-11(2)20-14-12(10)13(16-9-17-14)18(6-4-5-15)7-8-19-3/h9H,4,6-8H2,1-3H3. The van der Waals surface area contributed by atoms with Crippen LogP contribution in [0.3, 0.4) is 0 Å². The number of nitriles is 1. The van der Waals surface area contributed by atoms with Gasteiger partial charge >= 0.3 is 0 Å². The van der Waals surface area contributed by atoms with Crippen LogP contribution in [0.4, 0.5) is 5.82 Å². The van der Waals surface area contributed by atoms with E-state index in [0.29, 0.717) is 19.6 Å². The highest BCUT2D eigenvalue weighted by Gasteiger charge is 2.16. The van der Waals surface area contributed by atoms with E-state index in [2.05, 4.69) is 34.8 Å². The second kappa shape index (κ2) is 6.64. The normalized spacial score (nSPS) is 10.7. The Morgan fingerprint density at radius 3 is 2.85 bits per heavy atom. The molecule has 0 saturated heterocycles. The number of hydrogen-bond acceptors (Lipinski definition) is 6. The van der Waals surface area contributed by atoms with Gasteiger partial charge in [0.25, 0.3) is 0 Å². The summed E-state index contributed by atoms with van der Waals surface area (Å²) in [5.74, 6) is 0.907. The van der Waals surface area contributed by atoms with Crippen molar-refractivity contribution in [2.24, 2.45) is 0 Å². The molecule has 0 atom stereocenters. The number of hydrogen-bond donors (Lipinski definition) is 0. The van der Waals surface area contributed by atoms with E-state index in [1.165, 1.54) is 10.4 Å². The van der Waals surface area contributed by atoms with Crippen LogP contribution >= 0.6 is 11.3 Å². The maximum absolute atomic E-state index is 8.82. The molecule has 0 amide bonds. The summed E-state index contributed by atoms with van der Waals surface area (Å²) in [5, 5.41) is 9.92. The van der Waals surface area contributed by atoms with Gasteiger partial charge in [0.15, 0.2) is 0 Å². The van der Waals surface area contributed by atoms with Crippen molar-refractivity contribution >= 4 is 27.4 Å². The van der Waals surface area contributed by atoms with E-state index in [1.807, 2.05) is 0 Å². The molecule has 20 heavy (non-hydrogen) atoms. The maximum atomic E-state index is 8.82. The highest BCUT2D eigenvalue weighted by molar-refractivity contribution is 7.18. The molecule has 2 rings (SSSR count). The monoisotopic (exact) mass is 290 g/mol. The van der Waals surface area contributed by atoms with Gasteiger partial charge in [-0.05, 0) is 19.4 Å². The number of anilines is 1. The zero-order valence-corrected chi connectivity index (χ0v) is 12.8. The van der Waals surface area contributed by atoms with Crippen molar-refractivity contribution in [3.63, 3.8) is 0 Å². The van der Waals surface area contributed by atoms with E-state index in [4.69, 9.17) is 10.00 Å². The molecule has 2 aromatic rings. The molecule has 0 unspecified atom stereocenters. The molecule has 0 radical (unpaired) electrons. The zero-order chi connectivity index (χ0) is 14.5. The summed E-state index contributed by atoms with van der Waals surface area (Å²) in [7, 11) is 1.68. The predicted octanol–water partition coefficient (Wildman–Crippen LogP) is 2.67. The van der Waals surface area contributed by atoms with E-state index in [1.54, 1.807) is 24.8 Å². The fourth-order valence-electron chi connectivity index (χ4n) is 2.11. The molecule has 0 aliphatic rings. The largest absolute Gasteiger partial charge is 0.383 e. The second-order valence-electron chi connectivity index (χ2n) is 4.55. The highest BCUT2D eigenvalue weighted by Crippen LogP contribution is 2.34. The average Bonchev–Trinajstić information content (AvgIpc) is 2.75. The van der Waals surface area contributed by atoms with Gasteiger partial charge in [0.2, 0.25) is 0 Å². The Labute approximate surface area is 122 Å². The van der Waals surface area contributed by atoms with E-state index in [0.717, 1.165) is 22.6 Å². The molecule has 6 heteroatoms. The van der Waals surface area contributed by atoms with Gasteiger partial charge in [0, 0.05) is 25.1 Å². The van der Waals surface area contributed by atoms with Crippen LogP contribution in [-0.4, -0.2) is 36.8 Å². The third-order valence-electron chi connectivity index (χ3n) is 3.30. The first-order valence-corrected chi connectivity index (χ1v) is 7.32. The van der Waals surface area contributed by atoms with Crippen molar-refractivity contribution in [2.45, 2.75) is 20.3 Å². The van der Waals surface area contributed by atoms with Crippen molar-refractivity contribution in [2.75, 3.05) is 31.7 Å². The Balaban J connectivity index is 2.43. The lowest BCUT2D eigenvalue weighted by Gasteiger charge is -2.23. The Kier molecular flexibility index (Phi) is 4.88. The maximum Gasteiger partial charge on any atom is 0.141 e. The first kappa shape index (κ1) is 14.7. The van der Waals surface area contributed by atoms with Crippen LogP contribution in [0.2, 0.25) is 0 Å². The molecule has 0 saturated carbocycles. The van der Waals surface area contributed by atoms with Crippen molar-refractivity contribution in [3.05, 3.63) is 16.8 Å². The molecule has 2 heterocycles. The molecular formula is C14H18N4OS. The minimum Gasteiger partial charge on any atom is -0.383 e. The molecule has 0 aliphatic carbocycles. The van der Waals surface area contributed by atoms with Gasteiger partial charge < -0.3 is 9.64 Å². The van der Waals surface area contributed by atoms with Gasteiger partial charge in [0.05, 0.1) is 24.5 Å². The highest BCUT2D eigenvalue weighted by atomic mass is 32.1. The first-order chi connectivity index (χ1) is 9.69. The van der Waals surface area contributed by atoms with Gasteiger partial charge in [-0.3, -0.25) is 0 Å². The van der Waals surface area contributed by atoms with Gasteiger partial charge in [-0.1, -0.05) is 0 Å². The second-order valence-corrected chi connectivity index (χ2v) is 5.75. The molecule has 0 aromatic carbocycles. The van der Waals surface area contributed by atoms with Crippen molar-refractivity contribution in [1.29, 1.82) is 5.26 Å². The quantitative estimate of drug-likeness (QED) is 0.818. The van der Waals surface area contributed by atoms with Gasteiger partial charge in [-0.2, -0.15) is 5.26 Å². The van der Waals surface area contributed by atoms with E-state index in [-0.39, 0.29) is 0 Å². The van der Waals surface area contributed by atoms with Crippen LogP contribution < -0.4 is 4.90 Å². The first-order valence-electron chi connectivity index (χ1n) is 6.50. The van der Waals surface area contributed by atoms with E-state index in [9.17, 15) is 0 Å². The number of methoxy groups -OCH3 is 1. The van der Waals surface area contributed by atoms with Crippen molar-refractivity contribution in [1.82, 2.24) is 9.97 Å². The lowest BCUT2D eigenvalue weighted by molar-refractivity contribution is 0.205. The van der Waals surface area contributed by atoms with E-state index < -0.39 is 0 Å².